The molecule has 1 aromatic rings. The Morgan fingerprint density at radius 3 is 2.53 bits per heavy atom. The van der Waals surface area contributed by atoms with Crippen LogP contribution in [0.3, 0.4) is 0 Å². The maximum absolute atomic E-state index is 6.00. The van der Waals surface area contributed by atoms with Crippen molar-refractivity contribution in [3.8, 4) is 0 Å². The molecule has 1 unspecified atom stereocenters. The van der Waals surface area contributed by atoms with E-state index in [4.69, 9.17) is 21.1 Å². The highest BCUT2D eigenvalue weighted by molar-refractivity contribution is 6.18. The lowest BCUT2D eigenvalue weighted by Gasteiger charge is -2.14. The summed E-state index contributed by atoms with van der Waals surface area (Å²) in [6, 6.07) is 10.4. The van der Waals surface area contributed by atoms with Gasteiger partial charge in [-0.05, 0) is 24.3 Å². The second-order valence-corrected chi connectivity index (χ2v) is 4.32. The van der Waals surface area contributed by atoms with Crippen LogP contribution in [0.15, 0.2) is 30.3 Å². The molecule has 0 amide bonds. The molecule has 0 aliphatic rings. The fourth-order valence-electron chi connectivity index (χ4n) is 1.73. The van der Waals surface area contributed by atoms with Crippen LogP contribution in [-0.4, -0.2) is 32.8 Å². The molecule has 0 heterocycles. The minimum absolute atomic E-state index is 0.434. The Kier molecular flexibility index (Phi) is 8.06. The van der Waals surface area contributed by atoms with Crippen molar-refractivity contribution >= 4 is 11.6 Å². The molecule has 1 rings (SSSR count). The minimum atomic E-state index is 0.434. The van der Waals surface area contributed by atoms with E-state index in [0.29, 0.717) is 25.0 Å². The summed E-state index contributed by atoms with van der Waals surface area (Å²) < 4.78 is 10.4. The van der Waals surface area contributed by atoms with Gasteiger partial charge in [0.2, 0.25) is 0 Å². The van der Waals surface area contributed by atoms with Gasteiger partial charge in [0.25, 0.3) is 0 Å². The van der Waals surface area contributed by atoms with E-state index in [9.17, 15) is 0 Å². The van der Waals surface area contributed by atoms with E-state index >= 15 is 0 Å². The smallest absolute Gasteiger partial charge is 0.0700 e. The van der Waals surface area contributed by atoms with Crippen molar-refractivity contribution in [2.75, 3.05) is 32.8 Å². The Balaban J connectivity index is 2.20. The third kappa shape index (κ3) is 6.06. The molecular weight excluding hydrogens is 236 g/mol. The summed E-state index contributed by atoms with van der Waals surface area (Å²) in [7, 11) is 1.68. The predicted octanol–water partition coefficient (Wildman–Crippen LogP) is 3.45. The second-order valence-electron chi connectivity index (χ2n) is 4.01. The van der Waals surface area contributed by atoms with Crippen LogP contribution in [0.1, 0.15) is 24.3 Å². The van der Waals surface area contributed by atoms with Crippen molar-refractivity contribution in [3.63, 3.8) is 0 Å². The number of ether oxygens (including phenoxy) is 2. The molecule has 17 heavy (non-hydrogen) atoms. The lowest BCUT2D eigenvalue weighted by molar-refractivity contribution is 0.0683. The monoisotopic (exact) mass is 256 g/mol. The van der Waals surface area contributed by atoms with Gasteiger partial charge in [-0.3, -0.25) is 0 Å². The highest BCUT2D eigenvalue weighted by Gasteiger charge is 2.09. The number of hydrogen-bond acceptors (Lipinski definition) is 2. The first-order valence-electron chi connectivity index (χ1n) is 6.06. The van der Waals surface area contributed by atoms with Crippen molar-refractivity contribution in [1.29, 1.82) is 0 Å². The summed E-state index contributed by atoms with van der Waals surface area (Å²) in [6.45, 7) is 2.12. The van der Waals surface area contributed by atoms with Gasteiger partial charge in [0.1, 0.15) is 0 Å². The maximum atomic E-state index is 6.00. The van der Waals surface area contributed by atoms with Crippen LogP contribution in [0.5, 0.6) is 0 Å². The zero-order valence-corrected chi connectivity index (χ0v) is 11.2. The molecule has 1 atom stereocenters. The number of halogens is 1. The van der Waals surface area contributed by atoms with Crippen LogP contribution in [-0.2, 0) is 9.47 Å². The van der Waals surface area contributed by atoms with Gasteiger partial charge in [-0.15, -0.1) is 11.6 Å². The normalized spacial score (nSPS) is 12.6. The fraction of sp³-hybridized carbons (Fsp3) is 0.571. The summed E-state index contributed by atoms with van der Waals surface area (Å²) in [5, 5.41) is 0. The third-order valence-electron chi connectivity index (χ3n) is 2.73. The molecular formula is C14H21ClO2. The molecule has 0 radical (unpaired) electrons. The SMILES string of the molecule is COCCOCCCC(CCl)c1ccccc1. The first kappa shape index (κ1) is 14.5. The van der Waals surface area contributed by atoms with E-state index in [0.717, 1.165) is 19.4 Å². The van der Waals surface area contributed by atoms with Crippen molar-refractivity contribution in [2.45, 2.75) is 18.8 Å². The van der Waals surface area contributed by atoms with Crippen LogP contribution in [0.25, 0.3) is 0 Å². The van der Waals surface area contributed by atoms with Crippen LogP contribution in [0.2, 0.25) is 0 Å². The van der Waals surface area contributed by atoms with E-state index in [-0.39, 0.29) is 0 Å². The molecule has 0 aliphatic carbocycles. The number of hydrogen-bond donors (Lipinski definition) is 0. The molecule has 96 valence electrons. The zero-order valence-electron chi connectivity index (χ0n) is 10.4. The van der Waals surface area contributed by atoms with Gasteiger partial charge in [0.05, 0.1) is 13.2 Å². The lowest BCUT2D eigenvalue weighted by Crippen LogP contribution is -2.06. The van der Waals surface area contributed by atoms with Gasteiger partial charge in [0, 0.05) is 19.6 Å². The Morgan fingerprint density at radius 2 is 1.88 bits per heavy atom. The summed E-state index contributed by atoms with van der Waals surface area (Å²) in [6.07, 6.45) is 2.11. The quantitative estimate of drug-likeness (QED) is 0.498. The minimum Gasteiger partial charge on any atom is -0.382 e. The third-order valence-corrected chi connectivity index (χ3v) is 3.10. The second kappa shape index (κ2) is 9.46. The highest BCUT2D eigenvalue weighted by Crippen LogP contribution is 2.22. The largest absolute Gasteiger partial charge is 0.382 e. The van der Waals surface area contributed by atoms with E-state index < -0.39 is 0 Å². The summed E-state index contributed by atoms with van der Waals surface area (Å²) in [5.41, 5.74) is 1.32. The van der Waals surface area contributed by atoms with E-state index in [1.165, 1.54) is 5.56 Å². The van der Waals surface area contributed by atoms with Crippen LogP contribution < -0.4 is 0 Å². The molecule has 1 aromatic carbocycles. The molecule has 0 spiro atoms. The van der Waals surface area contributed by atoms with Gasteiger partial charge in [0.15, 0.2) is 0 Å². The Morgan fingerprint density at radius 1 is 1.12 bits per heavy atom. The first-order chi connectivity index (χ1) is 8.38. The molecule has 0 bridgehead atoms. The average Bonchev–Trinajstić information content (AvgIpc) is 2.39. The van der Waals surface area contributed by atoms with Crippen LogP contribution in [0, 0.1) is 0 Å². The predicted molar refractivity (Wildman–Crippen MR) is 71.8 cm³/mol. The molecule has 0 aromatic heterocycles. The lowest BCUT2D eigenvalue weighted by atomic mass is 9.96. The van der Waals surface area contributed by atoms with Crippen LogP contribution in [0.4, 0.5) is 0 Å². The van der Waals surface area contributed by atoms with Gasteiger partial charge in [-0.2, -0.15) is 0 Å². The Bertz CT molecular complexity index is 277. The summed E-state index contributed by atoms with van der Waals surface area (Å²) in [5.74, 6) is 1.10. The van der Waals surface area contributed by atoms with Crippen molar-refractivity contribution in [3.05, 3.63) is 35.9 Å². The van der Waals surface area contributed by atoms with Crippen molar-refractivity contribution in [1.82, 2.24) is 0 Å². The van der Waals surface area contributed by atoms with Gasteiger partial charge in [-0.1, -0.05) is 30.3 Å². The van der Waals surface area contributed by atoms with E-state index in [1.807, 2.05) is 6.07 Å². The van der Waals surface area contributed by atoms with Gasteiger partial charge >= 0.3 is 0 Å². The molecule has 0 N–H and O–H groups in total. The van der Waals surface area contributed by atoms with Gasteiger partial charge < -0.3 is 9.47 Å². The Labute approximate surface area is 109 Å². The molecule has 2 nitrogen and oxygen atoms in total. The van der Waals surface area contributed by atoms with Crippen molar-refractivity contribution in [2.24, 2.45) is 0 Å². The standard InChI is InChI=1S/C14H21ClO2/c1-16-10-11-17-9-5-8-14(12-15)13-6-3-2-4-7-13/h2-4,6-7,14H,5,8-12H2,1H3. The first-order valence-corrected chi connectivity index (χ1v) is 6.59. The van der Waals surface area contributed by atoms with Gasteiger partial charge in [-0.25, -0.2) is 0 Å². The average molecular weight is 257 g/mol. The number of rotatable bonds is 9. The fourth-order valence-corrected chi connectivity index (χ4v) is 2.07. The summed E-state index contributed by atoms with van der Waals surface area (Å²) in [4.78, 5) is 0. The van der Waals surface area contributed by atoms with E-state index in [2.05, 4.69) is 24.3 Å². The highest BCUT2D eigenvalue weighted by atomic mass is 35.5. The van der Waals surface area contributed by atoms with Crippen molar-refractivity contribution < 1.29 is 9.47 Å². The molecule has 0 saturated heterocycles. The van der Waals surface area contributed by atoms with Crippen LogP contribution >= 0.6 is 11.6 Å². The molecule has 0 fully saturated rings. The zero-order chi connectivity index (χ0) is 12.3. The summed E-state index contributed by atoms with van der Waals surface area (Å²) >= 11 is 6.00. The number of alkyl halides is 1. The maximum Gasteiger partial charge on any atom is 0.0700 e. The Hall–Kier alpha value is -0.570. The molecule has 0 saturated carbocycles. The topological polar surface area (TPSA) is 18.5 Å². The number of methoxy groups -OCH3 is 1. The molecule has 0 aliphatic heterocycles. The van der Waals surface area contributed by atoms with E-state index in [1.54, 1.807) is 7.11 Å². The molecule has 3 heteroatoms. The number of benzene rings is 1.